The molecular formula is C28H36N2O4S. The summed E-state index contributed by atoms with van der Waals surface area (Å²) in [5.74, 6) is 0.584. The van der Waals surface area contributed by atoms with Crippen molar-refractivity contribution < 1.29 is 17.6 Å². The van der Waals surface area contributed by atoms with Crippen LogP contribution in [0.2, 0.25) is 0 Å². The Hall–Kier alpha value is -2.12. The first-order chi connectivity index (χ1) is 16.7. The van der Waals surface area contributed by atoms with Crippen molar-refractivity contribution in [3.8, 4) is 0 Å². The molecule has 2 saturated carbocycles. The fraction of sp³-hybridized carbons (Fsp3) is 0.607. The van der Waals surface area contributed by atoms with E-state index in [4.69, 9.17) is 4.42 Å². The van der Waals surface area contributed by atoms with Gasteiger partial charge >= 0.3 is 0 Å². The van der Waals surface area contributed by atoms with Crippen molar-refractivity contribution in [2.45, 2.75) is 69.1 Å². The number of hydrogen-bond acceptors (Lipinski definition) is 5. The molecule has 2 N–H and O–H groups in total. The van der Waals surface area contributed by atoms with E-state index in [0.717, 1.165) is 45.2 Å². The zero-order chi connectivity index (χ0) is 24.5. The first-order valence-corrected chi connectivity index (χ1v) is 14.8. The highest BCUT2D eigenvalue weighted by Crippen LogP contribution is 2.66. The van der Waals surface area contributed by atoms with Crippen molar-refractivity contribution >= 4 is 15.7 Å². The number of nitrogens with one attached hydrogen (secondary N) is 2. The molecule has 6 rings (SSSR count). The number of benzene rings is 1. The van der Waals surface area contributed by atoms with Gasteiger partial charge in [0.2, 0.25) is 0 Å². The van der Waals surface area contributed by atoms with Crippen LogP contribution in [0.15, 0.2) is 47.1 Å². The number of furan rings is 1. The first kappa shape index (κ1) is 23.3. The van der Waals surface area contributed by atoms with Crippen LogP contribution in [0.5, 0.6) is 0 Å². The van der Waals surface area contributed by atoms with Crippen molar-refractivity contribution in [1.82, 2.24) is 10.6 Å². The molecule has 4 unspecified atom stereocenters. The highest BCUT2D eigenvalue weighted by atomic mass is 32.2. The van der Waals surface area contributed by atoms with Crippen LogP contribution in [0.25, 0.3) is 0 Å². The largest absolute Gasteiger partial charge is 0.459 e. The lowest BCUT2D eigenvalue weighted by molar-refractivity contribution is 0.0806. The van der Waals surface area contributed by atoms with Crippen molar-refractivity contribution in [3.63, 3.8) is 0 Å². The van der Waals surface area contributed by atoms with Gasteiger partial charge in [0.25, 0.3) is 5.91 Å². The lowest BCUT2D eigenvalue weighted by Gasteiger charge is -2.45. The van der Waals surface area contributed by atoms with Crippen molar-refractivity contribution in [1.29, 1.82) is 0 Å². The number of sulfone groups is 1. The number of fused-ring (bicyclic) bond motifs is 4. The summed E-state index contributed by atoms with van der Waals surface area (Å²) in [6, 6.07) is 11.6. The lowest BCUT2D eigenvalue weighted by Crippen LogP contribution is -2.55. The minimum atomic E-state index is -3.46. The highest BCUT2D eigenvalue weighted by Gasteiger charge is 2.67. The fourth-order valence-corrected chi connectivity index (χ4v) is 11.5. The Morgan fingerprint density at radius 2 is 1.89 bits per heavy atom. The molecule has 7 heteroatoms. The second-order valence-corrected chi connectivity index (χ2v) is 14.1. The molecule has 35 heavy (non-hydrogen) atoms. The number of amides is 1. The molecule has 2 bridgehead atoms. The average molecular weight is 497 g/mol. The van der Waals surface area contributed by atoms with Crippen molar-refractivity contribution in [2.24, 2.45) is 16.7 Å². The molecule has 1 spiro atoms. The van der Waals surface area contributed by atoms with Gasteiger partial charge in [-0.15, -0.1) is 0 Å². The van der Waals surface area contributed by atoms with Crippen LogP contribution in [-0.2, 0) is 21.7 Å². The molecule has 6 nitrogen and oxygen atoms in total. The lowest BCUT2D eigenvalue weighted by atomic mass is 9.69. The number of hydrogen-bond donors (Lipinski definition) is 2. The summed E-state index contributed by atoms with van der Waals surface area (Å²) in [6.45, 7) is 6.15. The van der Waals surface area contributed by atoms with E-state index >= 15 is 0 Å². The summed E-state index contributed by atoms with van der Waals surface area (Å²) >= 11 is 0. The normalized spacial score (nSPS) is 32.6. The van der Waals surface area contributed by atoms with E-state index in [9.17, 15) is 13.2 Å². The molecule has 0 radical (unpaired) electrons. The minimum absolute atomic E-state index is 0.139. The molecular weight excluding hydrogens is 460 g/mol. The summed E-state index contributed by atoms with van der Waals surface area (Å²) < 4.78 is 34.3. The third kappa shape index (κ3) is 3.30. The second kappa shape index (κ2) is 7.94. The van der Waals surface area contributed by atoms with Gasteiger partial charge in [-0.3, -0.25) is 4.79 Å². The molecule has 3 fully saturated rings. The van der Waals surface area contributed by atoms with Gasteiger partial charge < -0.3 is 15.1 Å². The summed E-state index contributed by atoms with van der Waals surface area (Å²) in [5.41, 5.74) is 1.49. The molecule has 188 valence electrons. The quantitative estimate of drug-likeness (QED) is 0.656. The smallest absolute Gasteiger partial charge is 0.287 e. The van der Waals surface area contributed by atoms with Gasteiger partial charge in [0.1, 0.15) is 0 Å². The SMILES string of the molecule is CC1(C)C2CCC1(CS(=O)(=O)C1Cc3ccccc3C13CCNCC3)C(NC(=O)c1ccco1)C2. The summed E-state index contributed by atoms with van der Waals surface area (Å²) in [7, 11) is -3.46. The maximum absolute atomic E-state index is 14.5. The number of rotatable bonds is 5. The molecule has 2 heterocycles. The first-order valence-electron chi connectivity index (χ1n) is 13.0. The molecule has 1 saturated heterocycles. The predicted octanol–water partition coefficient (Wildman–Crippen LogP) is 3.87. The third-order valence-electron chi connectivity index (χ3n) is 10.4. The Balaban J connectivity index is 1.35. The highest BCUT2D eigenvalue weighted by molar-refractivity contribution is 7.92. The summed E-state index contributed by atoms with van der Waals surface area (Å²) in [6.07, 6.45) is 6.49. The average Bonchev–Trinajstić information content (AvgIpc) is 3.57. The van der Waals surface area contributed by atoms with Crippen molar-refractivity contribution in [2.75, 3.05) is 18.8 Å². The Bertz CT molecular complexity index is 1230. The molecule has 3 aliphatic carbocycles. The van der Waals surface area contributed by atoms with Gasteiger partial charge in [0.05, 0.1) is 17.3 Å². The van der Waals surface area contributed by atoms with Crippen LogP contribution in [0.1, 0.15) is 67.6 Å². The Labute approximate surface area is 208 Å². The van der Waals surface area contributed by atoms with E-state index < -0.39 is 20.5 Å². The van der Waals surface area contributed by atoms with Crippen LogP contribution >= 0.6 is 0 Å². The van der Waals surface area contributed by atoms with Crippen LogP contribution in [0.3, 0.4) is 0 Å². The van der Waals surface area contributed by atoms with E-state index in [-0.39, 0.29) is 34.3 Å². The minimum Gasteiger partial charge on any atom is -0.459 e. The topological polar surface area (TPSA) is 88.4 Å². The Morgan fingerprint density at radius 1 is 1.11 bits per heavy atom. The van der Waals surface area contributed by atoms with Crippen LogP contribution in [0, 0.1) is 16.7 Å². The van der Waals surface area contributed by atoms with E-state index in [2.05, 4.69) is 42.7 Å². The van der Waals surface area contributed by atoms with E-state index in [0.29, 0.717) is 12.3 Å². The monoisotopic (exact) mass is 496 g/mol. The third-order valence-corrected chi connectivity index (χ3v) is 12.8. The van der Waals surface area contributed by atoms with E-state index in [1.54, 1.807) is 12.1 Å². The molecule has 1 aliphatic heterocycles. The van der Waals surface area contributed by atoms with Crippen molar-refractivity contribution in [3.05, 3.63) is 59.5 Å². The van der Waals surface area contributed by atoms with Gasteiger partial charge in [-0.1, -0.05) is 38.1 Å². The summed E-state index contributed by atoms with van der Waals surface area (Å²) in [5, 5.41) is 6.24. The van der Waals surface area contributed by atoms with Crippen LogP contribution < -0.4 is 10.6 Å². The number of carbonyl (C=O) groups is 1. The Kier molecular flexibility index (Phi) is 5.28. The van der Waals surface area contributed by atoms with Gasteiger partial charge in [-0.05, 0) is 86.2 Å². The molecule has 4 atom stereocenters. The van der Waals surface area contributed by atoms with E-state index in [1.807, 2.05) is 6.07 Å². The molecule has 2 aromatic rings. The maximum Gasteiger partial charge on any atom is 0.287 e. The second-order valence-electron chi connectivity index (χ2n) is 11.9. The summed E-state index contributed by atoms with van der Waals surface area (Å²) in [4.78, 5) is 12.9. The van der Waals surface area contributed by atoms with Gasteiger partial charge in [0, 0.05) is 16.9 Å². The molecule has 4 aliphatic rings. The predicted molar refractivity (Wildman–Crippen MR) is 135 cm³/mol. The van der Waals surface area contributed by atoms with Crippen LogP contribution in [0.4, 0.5) is 0 Å². The fourth-order valence-electron chi connectivity index (χ4n) is 8.41. The van der Waals surface area contributed by atoms with Gasteiger partial charge in [0.15, 0.2) is 15.6 Å². The van der Waals surface area contributed by atoms with Gasteiger partial charge in [-0.25, -0.2) is 8.42 Å². The van der Waals surface area contributed by atoms with E-state index in [1.165, 1.54) is 17.4 Å². The number of carbonyl (C=O) groups excluding carboxylic acids is 1. The zero-order valence-electron chi connectivity index (χ0n) is 20.7. The maximum atomic E-state index is 14.5. The zero-order valence-corrected chi connectivity index (χ0v) is 21.5. The number of piperidine rings is 1. The standard InChI is InChI=1S/C28H36N2O4S/c1-26(2)20-9-10-28(26,23(17-20)30-25(31)22-8-5-15-34-22)18-35(32,33)24-16-19-6-3-4-7-21(19)27(24)11-13-29-14-12-27/h3-8,15,20,23-24,29H,9-14,16-18H2,1-2H3,(H,30,31). The molecule has 1 amide bonds. The van der Waals surface area contributed by atoms with Gasteiger partial charge in [-0.2, -0.15) is 0 Å². The van der Waals surface area contributed by atoms with Crippen LogP contribution in [-0.4, -0.2) is 44.5 Å². The molecule has 1 aromatic heterocycles. The Morgan fingerprint density at radius 3 is 2.60 bits per heavy atom. The molecule has 1 aromatic carbocycles.